The Morgan fingerprint density at radius 3 is 2.63 bits per heavy atom. The number of nitrogens with one attached hydrogen (secondary N) is 1. The largest absolute Gasteiger partial charge is 0.306 e. The minimum Gasteiger partial charge on any atom is -0.306 e. The lowest BCUT2D eigenvalue weighted by Gasteiger charge is -2.18. The quantitative estimate of drug-likeness (QED) is 0.814. The van der Waals surface area contributed by atoms with Gasteiger partial charge in [0.25, 0.3) is 0 Å². The van der Waals surface area contributed by atoms with Crippen LogP contribution >= 0.6 is 27.3 Å². The van der Waals surface area contributed by atoms with Gasteiger partial charge in [0.05, 0.1) is 6.04 Å². The summed E-state index contributed by atoms with van der Waals surface area (Å²) in [7, 11) is 0. The summed E-state index contributed by atoms with van der Waals surface area (Å²) in [4.78, 5) is 1.07. The zero-order valence-electron chi connectivity index (χ0n) is 10.4. The van der Waals surface area contributed by atoms with Crippen LogP contribution in [0.5, 0.6) is 0 Å². The molecule has 0 spiro atoms. The molecule has 19 heavy (non-hydrogen) atoms. The van der Waals surface area contributed by atoms with Crippen molar-refractivity contribution in [2.75, 3.05) is 6.54 Å². The smallest absolute Gasteiger partial charge is 0.159 e. The van der Waals surface area contributed by atoms with Crippen molar-refractivity contribution in [2.45, 2.75) is 19.4 Å². The fraction of sp³-hybridized carbons (Fsp3) is 0.286. The first-order valence-corrected chi connectivity index (χ1v) is 7.72. The van der Waals surface area contributed by atoms with Crippen LogP contribution in [0.1, 0.15) is 29.8 Å². The first-order chi connectivity index (χ1) is 9.13. The lowest BCUT2D eigenvalue weighted by atomic mass is 10.0. The zero-order chi connectivity index (χ0) is 13.8. The van der Waals surface area contributed by atoms with Crippen molar-refractivity contribution in [2.24, 2.45) is 0 Å². The molecule has 0 aliphatic heterocycles. The molecule has 0 fully saturated rings. The van der Waals surface area contributed by atoms with Crippen LogP contribution in [-0.2, 0) is 0 Å². The van der Waals surface area contributed by atoms with Crippen molar-refractivity contribution in [3.63, 3.8) is 0 Å². The average Bonchev–Trinajstić information content (AvgIpc) is 2.80. The second kappa shape index (κ2) is 6.59. The highest BCUT2D eigenvalue weighted by Gasteiger charge is 2.18. The van der Waals surface area contributed by atoms with Crippen LogP contribution < -0.4 is 5.32 Å². The normalized spacial score (nSPS) is 12.6. The summed E-state index contributed by atoms with van der Waals surface area (Å²) in [5, 5.41) is 5.34. The Balaban J connectivity index is 2.37. The fourth-order valence-corrected chi connectivity index (χ4v) is 3.56. The summed E-state index contributed by atoms with van der Waals surface area (Å²) >= 11 is 5.08. The first-order valence-electron chi connectivity index (χ1n) is 6.04. The average molecular weight is 346 g/mol. The third-order valence-electron chi connectivity index (χ3n) is 2.78. The van der Waals surface area contributed by atoms with E-state index in [1.54, 1.807) is 17.4 Å². The lowest BCUT2D eigenvalue weighted by Crippen LogP contribution is -2.22. The molecule has 0 saturated heterocycles. The van der Waals surface area contributed by atoms with E-state index in [0.29, 0.717) is 0 Å². The Bertz CT molecular complexity index is 556. The molecule has 5 heteroatoms. The van der Waals surface area contributed by atoms with Crippen molar-refractivity contribution in [1.29, 1.82) is 0 Å². The molecule has 1 heterocycles. The van der Waals surface area contributed by atoms with Gasteiger partial charge in [-0.05, 0) is 58.0 Å². The lowest BCUT2D eigenvalue weighted by molar-refractivity contribution is 0.503. The first kappa shape index (κ1) is 14.6. The van der Waals surface area contributed by atoms with Crippen LogP contribution in [0.2, 0.25) is 0 Å². The van der Waals surface area contributed by atoms with E-state index in [1.807, 2.05) is 11.4 Å². The van der Waals surface area contributed by atoms with Crippen LogP contribution in [0.25, 0.3) is 0 Å². The van der Waals surface area contributed by atoms with Gasteiger partial charge in [-0.3, -0.25) is 0 Å². The van der Waals surface area contributed by atoms with Crippen LogP contribution in [0, 0.1) is 11.6 Å². The Morgan fingerprint density at radius 2 is 2.05 bits per heavy atom. The number of halogens is 3. The third kappa shape index (κ3) is 3.41. The second-order valence-electron chi connectivity index (χ2n) is 4.19. The van der Waals surface area contributed by atoms with Gasteiger partial charge in [-0.15, -0.1) is 11.3 Å². The van der Waals surface area contributed by atoms with Gasteiger partial charge in [0.15, 0.2) is 11.6 Å². The number of thiophene rings is 1. The van der Waals surface area contributed by atoms with E-state index >= 15 is 0 Å². The van der Waals surface area contributed by atoms with Crippen LogP contribution in [0.15, 0.2) is 34.1 Å². The van der Waals surface area contributed by atoms with E-state index in [2.05, 4.69) is 28.2 Å². The molecule has 0 aliphatic rings. The van der Waals surface area contributed by atoms with Crippen LogP contribution in [-0.4, -0.2) is 6.54 Å². The molecule has 0 amide bonds. The standard InChI is InChI=1S/C14H14BrF2NS/c1-2-6-18-13(14-10(15)5-7-19-14)9-3-4-11(16)12(17)8-9/h3-5,7-8,13,18H,2,6H2,1H3. The maximum atomic E-state index is 13.4. The summed E-state index contributed by atoms with van der Waals surface area (Å²) in [5.74, 6) is -1.63. The Morgan fingerprint density at radius 1 is 1.26 bits per heavy atom. The highest BCUT2D eigenvalue weighted by Crippen LogP contribution is 2.33. The van der Waals surface area contributed by atoms with E-state index < -0.39 is 11.6 Å². The van der Waals surface area contributed by atoms with E-state index in [0.717, 1.165) is 27.9 Å². The van der Waals surface area contributed by atoms with E-state index in [9.17, 15) is 8.78 Å². The molecule has 1 unspecified atom stereocenters. The molecular weight excluding hydrogens is 332 g/mol. The maximum Gasteiger partial charge on any atom is 0.159 e. The number of rotatable bonds is 5. The summed E-state index contributed by atoms with van der Waals surface area (Å²) in [5.41, 5.74) is 0.732. The molecule has 1 aromatic carbocycles. The molecule has 1 atom stereocenters. The van der Waals surface area contributed by atoms with Crippen LogP contribution in [0.3, 0.4) is 0 Å². The highest BCUT2D eigenvalue weighted by atomic mass is 79.9. The Kier molecular flexibility index (Phi) is 5.07. The molecule has 1 aromatic heterocycles. The minimum absolute atomic E-state index is 0.121. The minimum atomic E-state index is -0.816. The van der Waals surface area contributed by atoms with E-state index in [-0.39, 0.29) is 6.04 Å². The monoisotopic (exact) mass is 345 g/mol. The highest BCUT2D eigenvalue weighted by molar-refractivity contribution is 9.10. The van der Waals surface area contributed by atoms with Crippen molar-refractivity contribution in [3.05, 3.63) is 56.2 Å². The molecule has 1 nitrogen and oxygen atoms in total. The Labute approximate surface area is 123 Å². The molecule has 0 radical (unpaired) electrons. The topological polar surface area (TPSA) is 12.0 Å². The summed E-state index contributed by atoms with van der Waals surface area (Å²) < 4.78 is 27.4. The van der Waals surface area contributed by atoms with Gasteiger partial charge in [-0.1, -0.05) is 13.0 Å². The summed E-state index contributed by atoms with van der Waals surface area (Å²) in [6.07, 6.45) is 0.975. The second-order valence-corrected chi connectivity index (χ2v) is 6.00. The molecule has 102 valence electrons. The SMILES string of the molecule is CCCNC(c1ccc(F)c(F)c1)c1sccc1Br. The predicted molar refractivity (Wildman–Crippen MR) is 78.5 cm³/mol. The van der Waals surface area contributed by atoms with Gasteiger partial charge in [0.1, 0.15) is 0 Å². The van der Waals surface area contributed by atoms with Gasteiger partial charge in [-0.25, -0.2) is 8.78 Å². The summed E-state index contributed by atoms with van der Waals surface area (Å²) in [6, 6.07) is 5.89. The predicted octanol–water partition coefficient (Wildman–Crippen LogP) is 4.88. The van der Waals surface area contributed by atoms with E-state index in [1.165, 1.54) is 12.1 Å². The number of hydrogen-bond acceptors (Lipinski definition) is 2. The van der Waals surface area contributed by atoms with Crippen molar-refractivity contribution in [1.82, 2.24) is 5.32 Å². The Hall–Kier alpha value is -0.780. The number of benzene rings is 1. The van der Waals surface area contributed by atoms with Crippen molar-refractivity contribution < 1.29 is 8.78 Å². The molecule has 0 saturated carbocycles. The van der Waals surface area contributed by atoms with Gasteiger partial charge in [0.2, 0.25) is 0 Å². The number of hydrogen-bond donors (Lipinski definition) is 1. The van der Waals surface area contributed by atoms with E-state index in [4.69, 9.17) is 0 Å². The molecule has 2 rings (SSSR count). The maximum absolute atomic E-state index is 13.4. The zero-order valence-corrected chi connectivity index (χ0v) is 12.8. The van der Waals surface area contributed by atoms with Gasteiger partial charge in [-0.2, -0.15) is 0 Å². The van der Waals surface area contributed by atoms with Gasteiger partial charge in [0, 0.05) is 9.35 Å². The fourth-order valence-electron chi connectivity index (χ4n) is 1.85. The molecule has 1 N–H and O–H groups in total. The molecule has 0 bridgehead atoms. The van der Waals surface area contributed by atoms with Gasteiger partial charge >= 0.3 is 0 Å². The molecule has 2 aromatic rings. The van der Waals surface area contributed by atoms with Crippen molar-refractivity contribution in [3.8, 4) is 0 Å². The summed E-state index contributed by atoms with van der Waals surface area (Å²) in [6.45, 7) is 2.88. The third-order valence-corrected chi connectivity index (χ3v) is 4.72. The molecular formula is C14H14BrF2NS. The van der Waals surface area contributed by atoms with Gasteiger partial charge < -0.3 is 5.32 Å². The van der Waals surface area contributed by atoms with Crippen molar-refractivity contribution >= 4 is 27.3 Å². The molecule has 0 aliphatic carbocycles. The van der Waals surface area contributed by atoms with Crippen LogP contribution in [0.4, 0.5) is 8.78 Å².